The second kappa shape index (κ2) is 12.0. The van der Waals surface area contributed by atoms with Gasteiger partial charge in [-0.3, -0.25) is 9.10 Å². The summed E-state index contributed by atoms with van der Waals surface area (Å²) in [6.45, 7) is 10.9. The third-order valence-corrected chi connectivity index (χ3v) is 13.0. The van der Waals surface area contributed by atoms with Crippen LogP contribution < -0.4 is 9.21 Å². The first-order valence-corrected chi connectivity index (χ1v) is 19.0. The van der Waals surface area contributed by atoms with E-state index in [9.17, 15) is 8.42 Å². The second-order valence-electron chi connectivity index (χ2n) is 12.2. The SMILES string of the molecule is [C-]#[N+]C1=CN(S(=O)(=O)c2ccc(C)cc2)c2c(sc3ccccc23)[C@H](c2ccccc2)[C@@]12C(=O)N(Cc1ccccc1)c1ccc(I)cc12. The molecule has 1 spiro atoms. The molecule has 8 rings (SSSR count). The zero-order chi connectivity index (χ0) is 33.9. The summed E-state index contributed by atoms with van der Waals surface area (Å²) < 4.78 is 32.7. The number of hydrogen-bond donors (Lipinski definition) is 0. The molecule has 2 atom stereocenters. The van der Waals surface area contributed by atoms with Crippen molar-refractivity contribution >= 4 is 71.3 Å². The summed E-state index contributed by atoms with van der Waals surface area (Å²) in [6.07, 6.45) is 1.43. The maximum atomic E-state index is 15.6. The molecule has 0 unspecified atom stereocenters. The third-order valence-electron chi connectivity index (χ3n) is 9.43. The van der Waals surface area contributed by atoms with E-state index in [4.69, 9.17) is 6.57 Å². The molecule has 0 N–H and O–H groups in total. The van der Waals surface area contributed by atoms with Crippen LogP contribution in [0, 0.1) is 17.1 Å². The van der Waals surface area contributed by atoms with Crippen LogP contribution in [0.15, 0.2) is 144 Å². The summed E-state index contributed by atoms with van der Waals surface area (Å²) >= 11 is 3.73. The number of carbonyl (C=O) groups is 1. The van der Waals surface area contributed by atoms with Crippen molar-refractivity contribution in [3.63, 3.8) is 0 Å². The Balaban J connectivity index is 1.51. The summed E-state index contributed by atoms with van der Waals surface area (Å²) in [5, 5.41) is 0.742. The first-order valence-electron chi connectivity index (χ1n) is 15.7. The van der Waals surface area contributed by atoms with Gasteiger partial charge in [0.25, 0.3) is 10.0 Å². The van der Waals surface area contributed by atoms with Gasteiger partial charge < -0.3 is 4.90 Å². The molecule has 6 aromatic rings. The van der Waals surface area contributed by atoms with Gasteiger partial charge >= 0.3 is 0 Å². The summed E-state index contributed by atoms with van der Waals surface area (Å²) in [4.78, 5) is 22.3. The molecule has 5 aromatic carbocycles. The zero-order valence-corrected chi connectivity index (χ0v) is 30.0. The van der Waals surface area contributed by atoms with Crippen molar-refractivity contribution < 1.29 is 13.2 Å². The second-order valence-corrected chi connectivity index (χ2v) is 16.4. The van der Waals surface area contributed by atoms with Gasteiger partial charge in [-0.1, -0.05) is 96.6 Å². The van der Waals surface area contributed by atoms with E-state index in [1.807, 2.05) is 110 Å². The first kappa shape index (κ1) is 31.5. The van der Waals surface area contributed by atoms with Crippen LogP contribution in [0.25, 0.3) is 14.9 Å². The van der Waals surface area contributed by atoms with Crippen molar-refractivity contribution in [1.29, 1.82) is 0 Å². The molecule has 0 bridgehead atoms. The van der Waals surface area contributed by atoms with E-state index in [0.29, 0.717) is 28.4 Å². The smallest absolute Gasteiger partial charge is 0.267 e. The highest BCUT2D eigenvalue weighted by Crippen LogP contribution is 2.62. The van der Waals surface area contributed by atoms with Gasteiger partial charge in [-0.2, -0.15) is 0 Å². The lowest BCUT2D eigenvalue weighted by Crippen LogP contribution is -2.45. The number of benzene rings is 5. The Kier molecular flexibility index (Phi) is 7.70. The van der Waals surface area contributed by atoms with E-state index in [1.165, 1.54) is 21.8 Å². The standard InChI is InChI=1S/C40H28IN3O3S2/c1-26-17-20-30(21-18-26)49(46,47)44-25-35(42-2)40(32-23-29(41)19-22-33(32)43(39(40)45)24-27-11-5-3-6-12-27)36(28-13-7-4-8-14-28)38-37(44)31-15-9-10-16-34(31)48-38/h3-23,25,36H,24H2,1H3/t36-,40-/m0/s1. The lowest BCUT2D eigenvalue weighted by atomic mass is 9.65. The molecule has 0 saturated carbocycles. The number of rotatable bonds is 5. The van der Waals surface area contributed by atoms with Crippen molar-refractivity contribution in [2.75, 3.05) is 9.21 Å². The maximum Gasteiger partial charge on any atom is 0.267 e. The highest BCUT2D eigenvalue weighted by Gasteiger charge is 2.62. The molecule has 2 aliphatic heterocycles. The first-order chi connectivity index (χ1) is 23.7. The lowest BCUT2D eigenvalue weighted by Gasteiger charge is -2.35. The highest BCUT2D eigenvalue weighted by molar-refractivity contribution is 14.1. The van der Waals surface area contributed by atoms with Gasteiger partial charge in [0.1, 0.15) is 5.41 Å². The Morgan fingerprint density at radius 2 is 1.55 bits per heavy atom. The number of nitrogens with zero attached hydrogens (tertiary/aromatic N) is 3. The fourth-order valence-corrected chi connectivity index (χ4v) is 10.5. The van der Waals surface area contributed by atoms with E-state index in [2.05, 4.69) is 27.4 Å². The normalized spacial score (nSPS) is 18.6. The Morgan fingerprint density at radius 1 is 0.878 bits per heavy atom. The molecule has 0 saturated heterocycles. The fourth-order valence-electron chi connectivity index (χ4n) is 7.22. The van der Waals surface area contributed by atoms with Crippen LogP contribution in [0.4, 0.5) is 11.4 Å². The van der Waals surface area contributed by atoms with Gasteiger partial charge in [0.15, 0.2) is 0 Å². The van der Waals surface area contributed by atoms with Crippen LogP contribution in [0.1, 0.15) is 33.0 Å². The molecule has 2 aliphatic rings. The topological polar surface area (TPSA) is 62.1 Å². The van der Waals surface area contributed by atoms with Gasteiger partial charge in [-0.25, -0.2) is 13.3 Å². The number of hydrogen-bond acceptors (Lipinski definition) is 4. The van der Waals surface area contributed by atoms with Crippen LogP contribution >= 0.6 is 33.9 Å². The summed E-state index contributed by atoms with van der Waals surface area (Å²) in [6, 6.07) is 39.9. The summed E-state index contributed by atoms with van der Waals surface area (Å²) in [5.41, 5.74) is 3.04. The van der Waals surface area contributed by atoms with Crippen molar-refractivity contribution in [3.8, 4) is 0 Å². The lowest BCUT2D eigenvalue weighted by molar-refractivity contribution is -0.122. The molecule has 0 radical (unpaired) electrons. The molecule has 9 heteroatoms. The monoisotopic (exact) mass is 789 g/mol. The van der Waals surface area contributed by atoms with Crippen molar-refractivity contribution in [1.82, 2.24) is 0 Å². The molecule has 6 nitrogen and oxygen atoms in total. The molecular weight excluding hydrogens is 761 g/mol. The largest absolute Gasteiger partial charge is 0.308 e. The van der Waals surface area contributed by atoms with Gasteiger partial charge in [-0.05, 0) is 82.6 Å². The third kappa shape index (κ3) is 4.84. The van der Waals surface area contributed by atoms with E-state index < -0.39 is 21.4 Å². The van der Waals surface area contributed by atoms with Crippen LogP contribution in [0.5, 0.6) is 0 Å². The average molecular weight is 790 g/mol. The summed E-state index contributed by atoms with van der Waals surface area (Å²) in [7, 11) is -4.24. The number of carbonyl (C=O) groups excluding carboxylic acids is 1. The number of aryl methyl sites for hydroxylation is 1. The van der Waals surface area contributed by atoms with Crippen LogP contribution in [-0.2, 0) is 26.8 Å². The van der Waals surface area contributed by atoms with Crippen LogP contribution in [-0.4, -0.2) is 14.3 Å². The van der Waals surface area contributed by atoms with Crippen LogP contribution in [0.2, 0.25) is 0 Å². The molecule has 1 aromatic heterocycles. The fraction of sp³-hybridized carbons (Fsp3) is 0.100. The average Bonchev–Trinajstić information content (AvgIpc) is 3.54. The van der Waals surface area contributed by atoms with Crippen molar-refractivity contribution in [2.24, 2.45) is 0 Å². The minimum absolute atomic E-state index is 0.0494. The van der Waals surface area contributed by atoms with Gasteiger partial charge in [0.2, 0.25) is 11.6 Å². The highest BCUT2D eigenvalue weighted by atomic mass is 127. The zero-order valence-electron chi connectivity index (χ0n) is 26.2. The molecular formula is C40H28IN3O3S2. The minimum atomic E-state index is -4.24. The Morgan fingerprint density at radius 3 is 2.27 bits per heavy atom. The van der Waals surface area contributed by atoms with E-state index in [0.717, 1.165) is 30.3 Å². The number of thiophene rings is 1. The Bertz CT molecular complexity index is 2450. The predicted octanol–water partition coefficient (Wildman–Crippen LogP) is 9.40. The number of sulfonamides is 1. The quantitative estimate of drug-likeness (QED) is 0.129. The molecule has 240 valence electrons. The number of amides is 1. The van der Waals surface area contributed by atoms with Gasteiger partial charge in [-0.15, -0.1) is 11.3 Å². The van der Waals surface area contributed by atoms with Gasteiger partial charge in [0.05, 0.1) is 23.7 Å². The number of anilines is 2. The van der Waals surface area contributed by atoms with Crippen molar-refractivity contribution in [3.05, 3.63) is 181 Å². The maximum absolute atomic E-state index is 15.6. The Hall–Kier alpha value is -4.76. The predicted molar refractivity (Wildman–Crippen MR) is 204 cm³/mol. The number of fused-ring (bicyclic) bond motifs is 5. The molecule has 49 heavy (non-hydrogen) atoms. The Labute approximate surface area is 303 Å². The van der Waals surface area contributed by atoms with Gasteiger partial charge in [0, 0.05) is 36.3 Å². The minimum Gasteiger partial charge on any atom is -0.308 e. The molecule has 0 fully saturated rings. The molecule has 0 aliphatic carbocycles. The number of halogens is 1. The van der Waals surface area contributed by atoms with E-state index in [-0.39, 0.29) is 16.5 Å². The van der Waals surface area contributed by atoms with E-state index >= 15 is 4.79 Å². The van der Waals surface area contributed by atoms with Crippen LogP contribution in [0.3, 0.4) is 0 Å². The van der Waals surface area contributed by atoms with E-state index in [1.54, 1.807) is 29.2 Å². The van der Waals surface area contributed by atoms with Crippen molar-refractivity contribution in [2.45, 2.75) is 29.7 Å². The molecule has 3 heterocycles. The molecule has 1 amide bonds. The summed E-state index contributed by atoms with van der Waals surface area (Å²) in [5.74, 6) is -0.979.